The summed E-state index contributed by atoms with van der Waals surface area (Å²) in [5, 5.41) is 3.26. The molecule has 1 aromatic rings. The first-order valence-electron chi connectivity index (χ1n) is 5.47. The third-order valence-corrected chi connectivity index (χ3v) is 2.02. The number of hydrogen-bond acceptors (Lipinski definition) is 4. The molecule has 0 saturated heterocycles. The van der Waals surface area contributed by atoms with E-state index in [1.165, 1.54) is 0 Å². The van der Waals surface area contributed by atoms with Crippen molar-refractivity contribution in [3.05, 3.63) is 24.3 Å². The largest absolute Gasteiger partial charge is 0.497 e. The molecule has 0 atom stereocenters. The summed E-state index contributed by atoms with van der Waals surface area (Å²) in [5.74, 6) is 0.814. The standard InChI is InChI=1S/C12H20N2O2/c1-10(2)13-7-8-16-14-11-5-4-6-12(9-11)15-3/h4-6,9-10,13-14H,7-8H2,1-3H3. The highest BCUT2D eigenvalue weighted by Crippen LogP contribution is 2.16. The van der Waals surface area contributed by atoms with Crippen molar-refractivity contribution in [1.29, 1.82) is 0 Å². The zero-order chi connectivity index (χ0) is 11.8. The smallest absolute Gasteiger partial charge is 0.121 e. The van der Waals surface area contributed by atoms with Gasteiger partial charge in [-0.25, -0.2) is 0 Å². The summed E-state index contributed by atoms with van der Waals surface area (Å²) in [6, 6.07) is 8.11. The molecule has 0 amide bonds. The number of methoxy groups -OCH3 is 1. The molecule has 0 unspecified atom stereocenters. The molecule has 0 saturated carbocycles. The lowest BCUT2D eigenvalue weighted by molar-refractivity contribution is 0.192. The Morgan fingerprint density at radius 3 is 2.81 bits per heavy atom. The minimum Gasteiger partial charge on any atom is -0.497 e. The Morgan fingerprint density at radius 1 is 1.31 bits per heavy atom. The van der Waals surface area contributed by atoms with Gasteiger partial charge in [0.15, 0.2) is 0 Å². The molecule has 4 heteroatoms. The van der Waals surface area contributed by atoms with Crippen LogP contribution < -0.4 is 15.5 Å². The lowest BCUT2D eigenvalue weighted by Crippen LogP contribution is -2.27. The molecule has 0 aromatic heterocycles. The Morgan fingerprint density at radius 2 is 2.12 bits per heavy atom. The minimum absolute atomic E-state index is 0.486. The third-order valence-electron chi connectivity index (χ3n) is 2.02. The maximum absolute atomic E-state index is 5.30. The van der Waals surface area contributed by atoms with E-state index in [2.05, 4.69) is 24.6 Å². The fraction of sp³-hybridized carbons (Fsp3) is 0.500. The summed E-state index contributed by atoms with van der Waals surface area (Å²) in [4.78, 5) is 5.30. The van der Waals surface area contributed by atoms with E-state index in [0.717, 1.165) is 18.0 Å². The van der Waals surface area contributed by atoms with Gasteiger partial charge in [-0.05, 0) is 12.1 Å². The topological polar surface area (TPSA) is 42.5 Å². The van der Waals surface area contributed by atoms with E-state index in [4.69, 9.17) is 9.57 Å². The van der Waals surface area contributed by atoms with Gasteiger partial charge in [0.1, 0.15) is 5.75 Å². The highest BCUT2D eigenvalue weighted by atomic mass is 16.6. The molecule has 0 spiro atoms. The summed E-state index contributed by atoms with van der Waals surface area (Å²) >= 11 is 0. The van der Waals surface area contributed by atoms with Gasteiger partial charge in [-0.3, -0.25) is 10.3 Å². The van der Waals surface area contributed by atoms with E-state index in [1.807, 2.05) is 24.3 Å². The molecule has 0 aliphatic rings. The molecule has 0 aliphatic heterocycles. The predicted molar refractivity (Wildman–Crippen MR) is 65.7 cm³/mol. The monoisotopic (exact) mass is 224 g/mol. The Bertz CT molecular complexity index is 303. The van der Waals surface area contributed by atoms with Gasteiger partial charge in [0, 0.05) is 18.7 Å². The van der Waals surface area contributed by atoms with E-state index in [9.17, 15) is 0 Å². The van der Waals surface area contributed by atoms with Gasteiger partial charge >= 0.3 is 0 Å². The Kier molecular flexibility index (Phi) is 5.67. The van der Waals surface area contributed by atoms with E-state index in [1.54, 1.807) is 7.11 Å². The molecule has 0 bridgehead atoms. The SMILES string of the molecule is COc1cccc(NOCCNC(C)C)c1. The van der Waals surface area contributed by atoms with E-state index in [0.29, 0.717) is 12.6 Å². The van der Waals surface area contributed by atoms with E-state index < -0.39 is 0 Å². The van der Waals surface area contributed by atoms with Gasteiger partial charge in [-0.15, -0.1) is 0 Å². The average Bonchev–Trinajstić information content (AvgIpc) is 2.28. The van der Waals surface area contributed by atoms with Crippen LogP contribution in [-0.4, -0.2) is 26.3 Å². The lowest BCUT2D eigenvalue weighted by Gasteiger charge is -2.10. The number of hydrogen-bond donors (Lipinski definition) is 2. The van der Waals surface area contributed by atoms with Crippen LogP contribution in [0, 0.1) is 0 Å². The number of benzene rings is 1. The highest BCUT2D eigenvalue weighted by molar-refractivity contribution is 5.46. The maximum Gasteiger partial charge on any atom is 0.121 e. The highest BCUT2D eigenvalue weighted by Gasteiger charge is 1.95. The quantitative estimate of drug-likeness (QED) is 0.549. The second-order valence-corrected chi connectivity index (χ2v) is 3.79. The number of nitrogens with one attached hydrogen (secondary N) is 2. The number of rotatable bonds is 7. The van der Waals surface area contributed by atoms with Crippen molar-refractivity contribution in [1.82, 2.24) is 5.32 Å². The Balaban J connectivity index is 2.21. The van der Waals surface area contributed by atoms with Crippen LogP contribution in [0.4, 0.5) is 5.69 Å². The molecular weight excluding hydrogens is 204 g/mol. The van der Waals surface area contributed by atoms with Gasteiger partial charge in [0.05, 0.1) is 19.4 Å². The van der Waals surface area contributed by atoms with E-state index in [-0.39, 0.29) is 0 Å². The summed E-state index contributed by atoms with van der Waals surface area (Å²) in [6.45, 7) is 5.66. The van der Waals surface area contributed by atoms with Gasteiger partial charge in [0.2, 0.25) is 0 Å². The molecule has 0 heterocycles. The summed E-state index contributed by atoms with van der Waals surface area (Å²) in [5.41, 5.74) is 3.77. The first-order valence-corrected chi connectivity index (χ1v) is 5.47. The van der Waals surface area contributed by atoms with Crippen LogP contribution in [0.15, 0.2) is 24.3 Å². The fourth-order valence-electron chi connectivity index (χ4n) is 1.22. The minimum atomic E-state index is 0.486. The zero-order valence-electron chi connectivity index (χ0n) is 10.1. The number of ether oxygens (including phenoxy) is 1. The van der Waals surface area contributed by atoms with Crippen LogP contribution in [0.5, 0.6) is 5.75 Å². The van der Waals surface area contributed by atoms with Gasteiger partial charge < -0.3 is 10.1 Å². The van der Waals surface area contributed by atoms with Crippen LogP contribution in [0.25, 0.3) is 0 Å². The van der Waals surface area contributed by atoms with Crippen LogP contribution in [-0.2, 0) is 4.84 Å². The van der Waals surface area contributed by atoms with Gasteiger partial charge in [-0.1, -0.05) is 19.9 Å². The summed E-state index contributed by atoms with van der Waals surface area (Å²) in [6.07, 6.45) is 0. The third kappa shape index (κ3) is 5.00. The van der Waals surface area contributed by atoms with E-state index >= 15 is 0 Å². The van der Waals surface area contributed by atoms with Crippen molar-refractivity contribution in [3.8, 4) is 5.75 Å². The van der Waals surface area contributed by atoms with Crippen LogP contribution >= 0.6 is 0 Å². The molecule has 0 radical (unpaired) electrons. The molecule has 1 rings (SSSR count). The molecule has 2 N–H and O–H groups in total. The fourth-order valence-corrected chi connectivity index (χ4v) is 1.22. The van der Waals surface area contributed by atoms with Crippen LogP contribution in [0.2, 0.25) is 0 Å². The molecule has 1 aromatic carbocycles. The second kappa shape index (κ2) is 7.09. The van der Waals surface area contributed by atoms with Gasteiger partial charge in [-0.2, -0.15) is 0 Å². The van der Waals surface area contributed by atoms with Crippen molar-refractivity contribution in [2.24, 2.45) is 0 Å². The Labute approximate surface area is 96.9 Å². The first-order chi connectivity index (χ1) is 7.72. The molecule has 90 valence electrons. The van der Waals surface area contributed by atoms with Gasteiger partial charge in [0.25, 0.3) is 0 Å². The number of anilines is 1. The molecule has 0 fully saturated rings. The molecule has 16 heavy (non-hydrogen) atoms. The summed E-state index contributed by atoms with van der Waals surface area (Å²) < 4.78 is 5.11. The predicted octanol–water partition coefficient (Wildman–Crippen LogP) is 2.04. The Hall–Kier alpha value is -1.26. The normalized spacial score (nSPS) is 10.5. The van der Waals surface area contributed by atoms with Crippen molar-refractivity contribution in [2.75, 3.05) is 25.7 Å². The molecular formula is C12H20N2O2. The lowest BCUT2D eigenvalue weighted by atomic mass is 10.3. The summed E-state index contributed by atoms with van der Waals surface area (Å²) in [7, 11) is 1.65. The zero-order valence-corrected chi connectivity index (χ0v) is 10.1. The van der Waals surface area contributed by atoms with Crippen LogP contribution in [0.3, 0.4) is 0 Å². The average molecular weight is 224 g/mol. The van der Waals surface area contributed by atoms with Crippen molar-refractivity contribution < 1.29 is 9.57 Å². The van der Waals surface area contributed by atoms with Crippen molar-refractivity contribution >= 4 is 5.69 Å². The molecule has 4 nitrogen and oxygen atoms in total. The molecule has 0 aliphatic carbocycles. The second-order valence-electron chi connectivity index (χ2n) is 3.79. The van der Waals surface area contributed by atoms with Crippen molar-refractivity contribution in [2.45, 2.75) is 19.9 Å². The maximum atomic E-state index is 5.30. The van der Waals surface area contributed by atoms with Crippen LogP contribution in [0.1, 0.15) is 13.8 Å². The first kappa shape index (κ1) is 12.8. The van der Waals surface area contributed by atoms with Crippen molar-refractivity contribution in [3.63, 3.8) is 0 Å².